The SMILES string of the molecule is CC(=O)c1nc(CC(=O)O)ccc1-n1cccn1. The van der Waals surface area contributed by atoms with Crippen LogP contribution in [0.3, 0.4) is 0 Å². The smallest absolute Gasteiger partial charge is 0.309 e. The van der Waals surface area contributed by atoms with Crippen molar-refractivity contribution in [2.45, 2.75) is 13.3 Å². The number of rotatable bonds is 4. The molecule has 0 saturated carbocycles. The topological polar surface area (TPSA) is 85.1 Å². The molecule has 18 heavy (non-hydrogen) atoms. The van der Waals surface area contributed by atoms with Gasteiger partial charge in [-0.15, -0.1) is 0 Å². The first-order chi connectivity index (χ1) is 8.58. The van der Waals surface area contributed by atoms with Gasteiger partial charge < -0.3 is 5.11 Å². The van der Waals surface area contributed by atoms with E-state index in [4.69, 9.17) is 5.11 Å². The Kier molecular flexibility index (Phi) is 3.18. The fourth-order valence-corrected chi connectivity index (χ4v) is 1.60. The lowest BCUT2D eigenvalue weighted by Crippen LogP contribution is -2.10. The maximum absolute atomic E-state index is 11.5. The van der Waals surface area contributed by atoms with E-state index in [1.165, 1.54) is 11.6 Å². The van der Waals surface area contributed by atoms with E-state index in [-0.39, 0.29) is 17.9 Å². The van der Waals surface area contributed by atoms with Gasteiger partial charge >= 0.3 is 5.97 Å². The minimum atomic E-state index is -0.983. The molecule has 2 aromatic heterocycles. The van der Waals surface area contributed by atoms with Gasteiger partial charge in [-0.3, -0.25) is 9.59 Å². The third-order valence-electron chi connectivity index (χ3n) is 2.35. The number of carboxylic acids is 1. The van der Waals surface area contributed by atoms with Crippen LogP contribution in [0.25, 0.3) is 5.69 Å². The van der Waals surface area contributed by atoms with Crippen molar-refractivity contribution in [2.75, 3.05) is 0 Å². The lowest BCUT2D eigenvalue weighted by atomic mass is 10.2. The molecule has 0 spiro atoms. The molecule has 2 rings (SSSR count). The molecule has 0 saturated heterocycles. The van der Waals surface area contributed by atoms with E-state index in [1.54, 1.807) is 30.6 Å². The van der Waals surface area contributed by atoms with Gasteiger partial charge in [0.15, 0.2) is 5.78 Å². The summed E-state index contributed by atoms with van der Waals surface area (Å²) < 4.78 is 1.52. The number of hydrogen-bond donors (Lipinski definition) is 1. The van der Waals surface area contributed by atoms with Crippen molar-refractivity contribution in [1.29, 1.82) is 0 Å². The molecule has 0 amide bonds. The quantitative estimate of drug-likeness (QED) is 0.815. The molecule has 2 aromatic rings. The fourth-order valence-electron chi connectivity index (χ4n) is 1.60. The first kappa shape index (κ1) is 12.0. The summed E-state index contributed by atoms with van der Waals surface area (Å²) >= 11 is 0. The molecule has 0 atom stereocenters. The number of aliphatic carboxylic acids is 1. The molecule has 0 unspecified atom stereocenters. The molecule has 0 aliphatic heterocycles. The van der Waals surface area contributed by atoms with Crippen LogP contribution < -0.4 is 0 Å². The number of hydrogen-bond acceptors (Lipinski definition) is 4. The Balaban J connectivity index is 2.48. The van der Waals surface area contributed by atoms with Crippen molar-refractivity contribution in [3.63, 3.8) is 0 Å². The van der Waals surface area contributed by atoms with Crippen LogP contribution in [-0.4, -0.2) is 31.6 Å². The minimum absolute atomic E-state index is 0.209. The number of aromatic nitrogens is 3. The van der Waals surface area contributed by atoms with Gasteiger partial charge in [0.25, 0.3) is 0 Å². The maximum Gasteiger partial charge on any atom is 0.309 e. The van der Waals surface area contributed by atoms with Crippen molar-refractivity contribution in [3.05, 3.63) is 42.0 Å². The van der Waals surface area contributed by atoms with Gasteiger partial charge in [-0.25, -0.2) is 9.67 Å². The summed E-state index contributed by atoms with van der Waals surface area (Å²) in [6.45, 7) is 1.39. The van der Waals surface area contributed by atoms with Crippen LogP contribution in [-0.2, 0) is 11.2 Å². The Labute approximate surface area is 103 Å². The third kappa shape index (κ3) is 2.42. The van der Waals surface area contributed by atoms with E-state index >= 15 is 0 Å². The van der Waals surface area contributed by atoms with Crippen LogP contribution in [0.1, 0.15) is 23.1 Å². The number of carbonyl (C=O) groups excluding carboxylic acids is 1. The lowest BCUT2D eigenvalue weighted by Gasteiger charge is -2.07. The molecule has 0 aromatic carbocycles. The lowest BCUT2D eigenvalue weighted by molar-refractivity contribution is -0.136. The zero-order valence-corrected chi connectivity index (χ0v) is 9.70. The van der Waals surface area contributed by atoms with Gasteiger partial charge in [-0.2, -0.15) is 5.10 Å². The van der Waals surface area contributed by atoms with Crippen molar-refractivity contribution in [1.82, 2.24) is 14.8 Å². The Morgan fingerprint density at radius 3 is 2.72 bits per heavy atom. The fraction of sp³-hybridized carbons (Fsp3) is 0.167. The first-order valence-corrected chi connectivity index (χ1v) is 5.30. The van der Waals surface area contributed by atoms with Gasteiger partial charge in [0.05, 0.1) is 17.8 Å². The largest absolute Gasteiger partial charge is 0.481 e. The van der Waals surface area contributed by atoms with Crippen molar-refractivity contribution in [3.8, 4) is 5.69 Å². The molecule has 0 aliphatic rings. The Morgan fingerprint density at radius 2 is 2.17 bits per heavy atom. The highest BCUT2D eigenvalue weighted by Gasteiger charge is 2.13. The molecule has 6 nitrogen and oxygen atoms in total. The maximum atomic E-state index is 11.5. The second-order valence-electron chi connectivity index (χ2n) is 3.75. The van der Waals surface area contributed by atoms with E-state index in [1.807, 2.05) is 0 Å². The molecule has 0 aliphatic carbocycles. The van der Waals surface area contributed by atoms with E-state index in [0.29, 0.717) is 11.4 Å². The van der Waals surface area contributed by atoms with Crippen LogP contribution in [0.2, 0.25) is 0 Å². The highest BCUT2D eigenvalue weighted by Crippen LogP contribution is 2.13. The third-order valence-corrected chi connectivity index (χ3v) is 2.35. The molecule has 6 heteroatoms. The van der Waals surface area contributed by atoms with Gasteiger partial charge in [-0.1, -0.05) is 0 Å². The predicted molar refractivity (Wildman–Crippen MR) is 62.7 cm³/mol. The van der Waals surface area contributed by atoms with Gasteiger partial charge in [0.2, 0.25) is 0 Å². The monoisotopic (exact) mass is 245 g/mol. The summed E-state index contributed by atoms with van der Waals surface area (Å²) in [6, 6.07) is 4.96. The van der Waals surface area contributed by atoms with Gasteiger partial charge in [0.1, 0.15) is 5.69 Å². The van der Waals surface area contributed by atoms with Crippen LogP contribution >= 0.6 is 0 Å². The normalized spacial score (nSPS) is 10.3. The zero-order chi connectivity index (χ0) is 13.1. The minimum Gasteiger partial charge on any atom is -0.481 e. The van der Waals surface area contributed by atoms with E-state index in [2.05, 4.69) is 10.1 Å². The van der Waals surface area contributed by atoms with Crippen molar-refractivity contribution < 1.29 is 14.7 Å². The Hall–Kier alpha value is -2.50. The molecule has 1 N–H and O–H groups in total. The average molecular weight is 245 g/mol. The molecular weight excluding hydrogens is 234 g/mol. The zero-order valence-electron chi connectivity index (χ0n) is 9.70. The number of ketones is 1. The van der Waals surface area contributed by atoms with Gasteiger partial charge in [0, 0.05) is 19.3 Å². The second-order valence-corrected chi connectivity index (χ2v) is 3.75. The van der Waals surface area contributed by atoms with Gasteiger partial charge in [-0.05, 0) is 18.2 Å². The summed E-state index contributed by atoms with van der Waals surface area (Å²) in [5.41, 5.74) is 1.11. The average Bonchev–Trinajstić information content (AvgIpc) is 2.81. The summed E-state index contributed by atoms with van der Waals surface area (Å²) in [5, 5.41) is 12.7. The number of carbonyl (C=O) groups is 2. The van der Waals surface area contributed by atoms with E-state index in [0.717, 1.165) is 0 Å². The predicted octanol–water partition coefficient (Wildman–Crippen LogP) is 1.10. The molecule has 92 valence electrons. The molecular formula is C12H11N3O3. The molecule has 0 fully saturated rings. The van der Waals surface area contributed by atoms with Crippen molar-refractivity contribution >= 4 is 11.8 Å². The Bertz CT molecular complexity index is 591. The van der Waals surface area contributed by atoms with Crippen LogP contribution in [0.5, 0.6) is 0 Å². The van der Waals surface area contributed by atoms with Crippen molar-refractivity contribution in [2.24, 2.45) is 0 Å². The summed E-state index contributed by atoms with van der Waals surface area (Å²) in [5.74, 6) is -1.21. The molecule has 2 heterocycles. The molecule has 0 bridgehead atoms. The standard InChI is InChI=1S/C12H11N3O3/c1-8(16)12-10(15-6-2-5-13-15)4-3-9(14-12)7-11(17)18/h2-6H,7H2,1H3,(H,17,18). The summed E-state index contributed by atoms with van der Waals surface area (Å²) in [6.07, 6.45) is 3.08. The van der Waals surface area contributed by atoms with E-state index < -0.39 is 5.97 Å². The van der Waals surface area contributed by atoms with Crippen LogP contribution in [0.4, 0.5) is 0 Å². The number of Topliss-reactive ketones (excluding diaryl/α,β-unsaturated/α-hetero) is 1. The highest BCUT2D eigenvalue weighted by molar-refractivity contribution is 5.95. The number of carboxylic acid groups (broad SMARTS) is 1. The second kappa shape index (κ2) is 4.79. The molecule has 0 radical (unpaired) electrons. The summed E-state index contributed by atoms with van der Waals surface area (Å²) in [4.78, 5) is 26.2. The first-order valence-electron chi connectivity index (χ1n) is 5.30. The Morgan fingerprint density at radius 1 is 1.39 bits per heavy atom. The number of nitrogens with zero attached hydrogens (tertiary/aromatic N) is 3. The summed E-state index contributed by atoms with van der Waals surface area (Å²) in [7, 11) is 0. The number of pyridine rings is 1. The highest BCUT2D eigenvalue weighted by atomic mass is 16.4. The van der Waals surface area contributed by atoms with Crippen LogP contribution in [0.15, 0.2) is 30.6 Å². The van der Waals surface area contributed by atoms with E-state index in [9.17, 15) is 9.59 Å². The van der Waals surface area contributed by atoms with Crippen LogP contribution in [0, 0.1) is 0 Å².